The molecule has 2 heterocycles. The summed E-state index contributed by atoms with van der Waals surface area (Å²) in [5.74, 6) is 0.603. The Labute approximate surface area is 118 Å². The molecule has 1 aliphatic heterocycles. The maximum Gasteiger partial charge on any atom is 0.322 e. The molecule has 6 nitrogen and oxygen atoms in total. The Hall–Kier alpha value is -1.14. The Morgan fingerprint density at radius 2 is 1.89 bits per heavy atom. The first-order valence-electron chi connectivity index (χ1n) is 6.56. The molecule has 0 radical (unpaired) electrons. The number of hydrogen-bond acceptors (Lipinski definition) is 6. The van der Waals surface area contributed by atoms with Crippen LogP contribution in [0.15, 0.2) is 0 Å². The molecule has 7 heteroatoms. The van der Waals surface area contributed by atoms with Crippen molar-refractivity contribution in [3.05, 3.63) is 5.28 Å². The third-order valence-electron chi connectivity index (χ3n) is 2.92. The quantitative estimate of drug-likeness (QED) is 0.838. The van der Waals surface area contributed by atoms with Gasteiger partial charge in [-0.3, -0.25) is 0 Å². The number of ether oxygens (including phenoxy) is 1. The number of likely N-dealkylation sites (N-methyl/N-ethyl adjacent to an activating group) is 1. The second kappa shape index (κ2) is 6.34. The van der Waals surface area contributed by atoms with Gasteiger partial charge in [0.05, 0.1) is 6.10 Å². The fourth-order valence-corrected chi connectivity index (χ4v) is 2.12. The molecule has 0 unspecified atom stereocenters. The smallest absolute Gasteiger partial charge is 0.322 e. The van der Waals surface area contributed by atoms with E-state index < -0.39 is 0 Å². The molecule has 0 N–H and O–H groups in total. The van der Waals surface area contributed by atoms with E-state index in [2.05, 4.69) is 31.8 Å². The molecular formula is C12H20ClN5O. The molecule has 1 aromatic rings. The van der Waals surface area contributed by atoms with E-state index in [1.807, 2.05) is 13.8 Å². The van der Waals surface area contributed by atoms with Crippen molar-refractivity contribution < 1.29 is 4.74 Å². The molecule has 0 saturated carbocycles. The van der Waals surface area contributed by atoms with E-state index in [4.69, 9.17) is 16.3 Å². The van der Waals surface area contributed by atoms with Gasteiger partial charge >= 0.3 is 6.01 Å². The fourth-order valence-electron chi connectivity index (χ4n) is 1.97. The Kier molecular flexibility index (Phi) is 4.76. The first-order valence-corrected chi connectivity index (χ1v) is 6.94. The van der Waals surface area contributed by atoms with Crippen molar-refractivity contribution in [3.63, 3.8) is 0 Å². The van der Waals surface area contributed by atoms with Crippen LogP contribution in [0.4, 0.5) is 5.95 Å². The summed E-state index contributed by atoms with van der Waals surface area (Å²) in [5.41, 5.74) is 0. The van der Waals surface area contributed by atoms with Crippen LogP contribution in [0.3, 0.4) is 0 Å². The molecule has 0 aromatic carbocycles. The number of anilines is 1. The van der Waals surface area contributed by atoms with Gasteiger partial charge in [-0.15, -0.1) is 0 Å². The molecule has 1 aliphatic rings. The molecular weight excluding hydrogens is 266 g/mol. The molecule has 1 aromatic heterocycles. The molecule has 0 bridgehead atoms. The highest BCUT2D eigenvalue weighted by atomic mass is 35.5. The van der Waals surface area contributed by atoms with Gasteiger partial charge in [-0.25, -0.2) is 0 Å². The van der Waals surface area contributed by atoms with E-state index in [1.165, 1.54) is 0 Å². The van der Waals surface area contributed by atoms with Crippen LogP contribution in [-0.2, 0) is 0 Å². The van der Waals surface area contributed by atoms with Crippen molar-refractivity contribution >= 4 is 17.5 Å². The zero-order chi connectivity index (χ0) is 13.8. The highest BCUT2D eigenvalue weighted by Crippen LogP contribution is 2.17. The number of hydrogen-bond donors (Lipinski definition) is 0. The van der Waals surface area contributed by atoms with Gasteiger partial charge in [-0.1, -0.05) is 0 Å². The minimum atomic E-state index is 0.0154. The lowest BCUT2D eigenvalue weighted by Gasteiger charge is -2.20. The van der Waals surface area contributed by atoms with Crippen molar-refractivity contribution in [1.82, 2.24) is 19.9 Å². The van der Waals surface area contributed by atoms with E-state index in [0.29, 0.717) is 12.0 Å². The standard InChI is InChI=1S/C12H20ClN5O/c1-9(2)19-12-15-10(13)14-11(16-12)18-6-4-5-17(3)7-8-18/h9H,4-8H2,1-3H3. The van der Waals surface area contributed by atoms with Gasteiger partial charge in [0.15, 0.2) is 0 Å². The summed E-state index contributed by atoms with van der Waals surface area (Å²) >= 11 is 5.94. The van der Waals surface area contributed by atoms with Crippen LogP contribution < -0.4 is 9.64 Å². The lowest BCUT2D eigenvalue weighted by atomic mass is 10.4. The highest BCUT2D eigenvalue weighted by molar-refractivity contribution is 6.28. The van der Waals surface area contributed by atoms with Crippen LogP contribution in [0.5, 0.6) is 6.01 Å². The van der Waals surface area contributed by atoms with E-state index in [1.54, 1.807) is 0 Å². The predicted octanol–water partition coefficient (Wildman–Crippen LogP) is 1.45. The number of halogens is 1. The van der Waals surface area contributed by atoms with Crippen LogP contribution in [0.2, 0.25) is 5.28 Å². The maximum atomic E-state index is 5.94. The molecule has 1 saturated heterocycles. The number of nitrogens with zero attached hydrogens (tertiary/aromatic N) is 5. The minimum Gasteiger partial charge on any atom is -0.461 e. The summed E-state index contributed by atoms with van der Waals surface area (Å²) in [5, 5.41) is 0.179. The molecule has 2 rings (SSSR count). The predicted molar refractivity (Wildman–Crippen MR) is 74.9 cm³/mol. The minimum absolute atomic E-state index is 0.0154. The molecule has 19 heavy (non-hydrogen) atoms. The Morgan fingerprint density at radius 1 is 1.11 bits per heavy atom. The van der Waals surface area contributed by atoms with Crippen molar-refractivity contribution in [1.29, 1.82) is 0 Å². The summed E-state index contributed by atoms with van der Waals surface area (Å²) in [6.45, 7) is 7.74. The van der Waals surface area contributed by atoms with Gasteiger partial charge in [0, 0.05) is 19.6 Å². The fraction of sp³-hybridized carbons (Fsp3) is 0.750. The summed E-state index contributed by atoms with van der Waals surface area (Å²) in [7, 11) is 2.12. The summed E-state index contributed by atoms with van der Waals surface area (Å²) in [6, 6.07) is 0.294. The average molecular weight is 286 g/mol. The summed E-state index contributed by atoms with van der Waals surface area (Å²) in [6.07, 6.45) is 1.10. The van der Waals surface area contributed by atoms with Gasteiger partial charge in [0.25, 0.3) is 0 Å². The molecule has 0 atom stereocenters. The summed E-state index contributed by atoms with van der Waals surface area (Å²) < 4.78 is 5.50. The van der Waals surface area contributed by atoms with E-state index in [-0.39, 0.29) is 11.4 Å². The zero-order valence-corrected chi connectivity index (χ0v) is 12.4. The molecule has 0 spiro atoms. The van der Waals surface area contributed by atoms with E-state index in [0.717, 1.165) is 32.6 Å². The average Bonchev–Trinajstić information content (AvgIpc) is 2.52. The molecule has 106 valence electrons. The van der Waals surface area contributed by atoms with Crippen LogP contribution >= 0.6 is 11.6 Å². The first kappa shape index (κ1) is 14.3. The van der Waals surface area contributed by atoms with Crippen molar-refractivity contribution in [2.75, 3.05) is 38.1 Å². The molecule has 0 amide bonds. The second-order valence-corrected chi connectivity index (χ2v) is 5.34. The van der Waals surface area contributed by atoms with Gasteiger partial charge < -0.3 is 14.5 Å². The highest BCUT2D eigenvalue weighted by Gasteiger charge is 2.17. The lowest BCUT2D eigenvalue weighted by Crippen LogP contribution is -2.30. The monoisotopic (exact) mass is 285 g/mol. The van der Waals surface area contributed by atoms with Gasteiger partial charge in [-0.2, -0.15) is 15.0 Å². The second-order valence-electron chi connectivity index (χ2n) is 5.00. The number of rotatable bonds is 3. The van der Waals surface area contributed by atoms with Gasteiger partial charge in [0.2, 0.25) is 11.2 Å². The van der Waals surface area contributed by atoms with Crippen LogP contribution in [-0.4, -0.2) is 59.2 Å². The first-order chi connectivity index (χ1) is 9.04. The lowest BCUT2D eigenvalue weighted by molar-refractivity contribution is 0.221. The van der Waals surface area contributed by atoms with E-state index >= 15 is 0 Å². The third-order valence-corrected chi connectivity index (χ3v) is 3.09. The molecule has 0 aliphatic carbocycles. The van der Waals surface area contributed by atoms with Gasteiger partial charge in [0.1, 0.15) is 0 Å². The Balaban J connectivity index is 2.16. The van der Waals surface area contributed by atoms with Crippen molar-refractivity contribution in [2.45, 2.75) is 26.4 Å². The van der Waals surface area contributed by atoms with Crippen molar-refractivity contribution in [2.24, 2.45) is 0 Å². The number of aromatic nitrogens is 3. The maximum absolute atomic E-state index is 5.94. The normalized spacial score (nSPS) is 17.6. The summed E-state index contributed by atoms with van der Waals surface area (Å²) in [4.78, 5) is 17.0. The van der Waals surface area contributed by atoms with E-state index in [9.17, 15) is 0 Å². The van der Waals surface area contributed by atoms with Crippen LogP contribution in [0.1, 0.15) is 20.3 Å². The van der Waals surface area contributed by atoms with Crippen LogP contribution in [0.25, 0.3) is 0 Å². The third kappa shape index (κ3) is 4.18. The zero-order valence-electron chi connectivity index (χ0n) is 11.6. The largest absolute Gasteiger partial charge is 0.461 e. The van der Waals surface area contributed by atoms with Crippen molar-refractivity contribution in [3.8, 4) is 6.01 Å². The Morgan fingerprint density at radius 3 is 2.63 bits per heavy atom. The van der Waals surface area contributed by atoms with Crippen LogP contribution in [0, 0.1) is 0 Å². The molecule has 1 fully saturated rings. The SMILES string of the molecule is CC(C)Oc1nc(Cl)nc(N2CCCN(C)CC2)n1. The Bertz CT molecular complexity index is 429. The topological polar surface area (TPSA) is 54.4 Å². The van der Waals surface area contributed by atoms with Gasteiger partial charge in [-0.05, 0) is 45.5 Å².